The first-order valence-corrected chi connectivity index (χ1v) is 15.2. The number of esters is 2. The Morgan fingerprint density at radius 2 is 0.872 bits per heavy atom. The third-order valence-electron chi connectivity index (χ3n) is 6.46. The van der Waals surface area contributed by atoms with Gasteiger partial charge in [-0.15, -0.1) is 0 Å². The molecule has 0 spiro atoms. The van der Waals surface area contributed by atoms with Crippen molar-refractivity contribution in [3.05, 3.63) is 0 Å². The largest absolute Gasteiger partial charge is 0.467 e. The van der Waals surface area contributed by atoms with Crippen molar-refractivity contribution in [2.24, 2.45) is 0 Å². The molecule has 0 aliphatic heterocycles. The van der Waals surface area contributed by atoms with Crippen LogP contribution >= 0.6 is 0 Å². The third-order valence-corrected chi connectivity index (χ3v) is 6.46. The van der Waals surface area contributed by atoms with Crippen LogP contribution in [0.1, 0.15) is 105 Å². The summed E-state index contributed by atoms with van der Waals surface area (Å²) in [5, 5.41) is 0. The molecule has 0 heterocycles. The number of unbranched alkanes of at least 4 members (excludes halogenated alkanes) is 4. The third kappa shape index (κ3) is 20.3. The van der Waals surface area contributed by atoms with Gasteiger partial charge >= 0.3 is 11.9 Å². The lowest BCUT2D eigenvalue weighted by Gasteiger charge is -2.22. The lowest BCUT2D eigenvalue weighted by Crippen LogP contribution is -2.31. The number of carbonyl (C=O) groups is 2. The van der Waals surface area contributed by atoms with Gasteiger partial charge in [-0.05, 0) is 25.7 Å². The summed E-state index contributed by atoms with van der Waals surface area (Å²) in [4.78, 5) is 24.0. The van der Waals surface area contributed by atoms with Crippen LogP contribution in [0.2, 0.25) is 0 Å². The highest BCUT2D eigenvalue weighted by Crippen LogP contribution is 2.13. The average Bonchev–Trinajstić information content (AvgIpc) is 2.96. The Hall–Kier alpha value is -1.26. The Morgan fingerprint density at radius 3 is 1.21 bits per heavy atom. The Bertz CT molecular complexity index is 525. The van der Waals surface area contributed by atoms with Crippen LogP contribution in [0.25, 0.3) is 0 Å². The first-order chi connectivity index (χ1) is 19.0. The molecule has 0 aromatic rings. The molecule has 0 bridgehead atoms. The van der Waals surface area contributed by atoms with Crippen molar-refractivity contribution in [3.63, 3.8) is 0 Å². The Morgan fingerprint density at radius 1 is 0.513 bits per heavy atom. The molecule has 4 unspecified atom stereocenters. The van der Waals surface area contributed by atoms with Gasteiger partial charge in [0.2, 0.25) is 0 Å². The number of carbonyl (C=O) groups excluding carboxylic acids is 2. The van der Waals surface area contributed by atoms with E-state index in [0.717, 1.165) is 64.2 Å². The number of hydrogen-bond donors (Lipinski definition) is 0. The minimum Gasteiger partial charge on any atom is -0.467 e. The molecule has 9 nitrogen and oxygen atoms in total. The topological polar surface area (TPSA) is 98.8 Å². The van der Waals surface area contributed by atoms with Crippen LogP contribution in [0.5, 0.6) is 0 Å². The predicted molar refractivity (Wildman–Crippen MR) is 152 cm³/mol. The van der Waals surface area contributed by atoms with Gasteiger partial charge in [-0.2, -0.15) is 0 Å². The summed E-state index contributed by atoms with van der Waals surface area (Å²) in [6, 6.07) is 0. The minimum atomic E-state index is -0.546. The molecule has 0 aliphatic carbocycles. The van der Waals surface area contributed by atoms with Gasteiger partial charge in [0.15, 0.2) is 12.2 Å². The molecule has 0 saturated carbocycles. The van der Waals surface area contributed by atoms with Gasteiger partial charge in [-0.1, -0.05) is 79.1 Å². The van der Waals surface area contributed by atoms with Gasteiger partial charge in [0, 0.05) is 0 Å². The summed E-state index contributed by atoms with van der Waals surface area (Å²) in [5.74, 6) is -0.657. The van der Waals surface area contributed by atoms with E-state index < -0.39 is 12.2 Å². The maximum absolute atomic E-state index is 12.0. The highest BCUT2D eigenvalue weighted by molar-refractivity contribution is 5.74. The number of hydrogen-bond acceptors (Lipinski definition) is 9. The zero-order valence-corrected chi connectivity index (χ0v) is 25.7. The second-order valence-electron chi connectivity index (χ2n) is 9.86. The number of rotatable bonds is 28. The van der Waals surface area contributed by atoms with Crippen LogP contribution in [0.4, 0.5) is 0 Å². The summed E-state index contributed by atoms with van der Waals surface area (Å²) in [7, 11) is 2.78. The molecular weight excluding hydrogens is 504 g/mol. The van der Waals surface area contributed by atoms with Crippen LogP contribution in [0.3, 0.4) is 0 Å². The van der Waals surface area contributed by atoms with E-state index in [1.165, 1.54) is 14.2 Å². The molecule has 0 fully saturated rings. The second-order valence-corrected chi connectivity index (χ2v) is 9.86. The number of methoxy groups -OCH3 is 2. The summed E-state index contributed by atoms with van der Waals surface area (Å²) in [6.07, 6.45) is 9.74. The fourth-order valence-electron chi connectivity index (χ4n) is 3.97. The maximum atomic E-state index is 12.0. The van der Waals surface area contributed by atoms with Crippen molar-refractivity contribution in [3.8, 4) is 0 Å². The Labute approximate surface area is 237 Å². The van der Waals surface area contributed by atoms with Gasteiger partial charge in [-0.3, -0.25) is 0 Å². The Kier molecular flexibility index (Phi) is 26.1. The van der Waals surface area contributed by atoms with Crippen molar-refractivity contribution in [1.82, 2.24) is 0 Å². The summed E-state index contributed by atoms with van der Waals surface area (Å²) in [6.45, 7) is 10.9. The van der Waals surface area contributed by atoms with Crippen LogP contribution in [-0.2, 0) is 42.7 Å². The molecule has 4 atom stereocenters. The second kappa shape index (κ2) is 26.9. The molecule has 0 aromatic carbocycles. The van der Waals surface area contributed by atoms with E-state index in [4.69, 9.17) is 33.2 Å². The van der Waals surface area contributed by atoms with E-state index in [0.29, 0.717) is 52.5 Å². The standard InChI is InChI=1S/C30H58O9/c1-7-11-15-25(23-38-27(17-13-9-3)29(31)33-5)36-21-19-35-20-22-37-26(16-12-8-2)24-39-28(18-14-10-4)30(32)34-6/h25-28H,7-24H2,1-6H3. The van der Waals surface area contributed by atoms with Crippen molar-refractivity contribution >= 4 is 11.9 Å². The van der Waals surface area contributed by atoms with Crippen LogP contribution < -0.4 is 0 Å². The summed E-state index contributed by atoms with van der Waals surface area (Å²) >= 11 is 0. The summed E-state index contributed by atoms with van der Waals surface area (Å²) < 4.78 is 39.3. The first-order valence-electron chi connectivity index (χ1n) is 15.2. The van der Waals surface area contributed by atoms with Gasteiger partial charge in [0.25, 0.3) is 0 Å². The minimum absolute atomic E-state index is 0.0929. The highest BCUT2D eigenvalue weighted by Gasteiger charge is 2.22. The van der Waals surface area contributed by atoms with Crippen LogP contribution in [0, 0.1) is 0 Å². The van der Waals surface area contributed by atoms with E-state index in [1.54, 1.807) is 0 Å². The van der Waals surface area contributed by atoms with Crippen LogP contribution in [-0.4, -0.2) is 90.2 Å². The highest BCUT2D eigenvalue weighted by atomic mass is 16.6. The molecule has 0 rings (SSSR count). The zero-order valence-electron chi connectivity index (χ0n) is 25.7. The molecule has 0 saturated heterocycles. The molecule has 39 heavy (non-hydrogen) atoms. The zero-order chi connectivity index (χ0) is 29.1. The molecule has 9 heteroatoms. The Balaban J connectivity index is 4.45. The molecule has 0 amide bonds. The van der Waals surface area contributed by atoms with E-state index >= 15 is 0 Å². The van der Waals surface area contributed by atoms with E-state index in [9.17, 15) is 9.59 Å². The quantitative estimate of drug-likeness (QED) is 0.0884. The van der Waals surface area contributed by atoms with Crippen LogP contribution in [0.15, 0.2) is 0 Å². The molecule has 0 aromatic heterocycles. The normalized spacial score (nSPS) is 14.5. The molecule has 0 radical (unpaired) electrons. The fraction of sp³-hybridized carbons (Fsp3) is 0.933. The van der Waals surface area contributed by atoms with Crippen molar-refractivity contribution in [2.45, 2.75) is 129 Å². The summed E-state index contributed by atoms with van der Waals surface area (Å²) in [5.41, 5.74) is 0. The lowest BCUT2D eigenvalue weighted by atomic mass is 10.1. The first kappa shape index (κ1) is 37.7. The SMILES string of the molecule is CCCCC(COC(CCCC)C(=O)OC)OCCOCCOC(CCCC)COC(CCCC)C(=O)OC. The van der Waals surface area contributed by atoms with Crippen molar-refractivity contribution in [1.29, 1.82) is 0 Å². The van der Waals surface area contributed by atoms with Gasteiger partial charge < -0.3 is 33.2 Å². The van der Waals surface area contributed by atoms with E-state index in [-0.39, 0.29) is 24.1 Å². The monoisotopic (exact) mass is 562 g/mol. The predicted octanol–water partition coefficient (Wildman–Crippen LogP) is 5.65. The maximum Gasteiger partial charge on any atom is 0.334 e. The van der Waals surface area contributed by atoms with Crippen molar-refractivity contribution in [2.75, 3.05) is 53.9 Å². The van der Waals surface area contributed by atoms with E-state index in [1.807, 2.05) is 0 Å². The lowest BCUT2D eigenvalue weighted by molar-refractivity contribution is -0.158. The molecule has 232 valence electrons. The van der Waals surface area contributed by atoms with Gasteiger partial charge in [-0.25, -0.2) is 9.59 Å². The molecule has 0 aliphatic rings. The van der Waals surface area contributed by atoms with E-state index in [2.05, 4.69) is 27.7 Å². The van der Waals surface area contributed by atoms with Gasteiger partial charge in [0.1, 0.15) is 0 Å². The fourth-order valence-corrected chi connectivity index (χ4v) is 3.97. The smallest absolute Gasteiger partial charge is 0.334 e. The molecule has 0 N–H and O–H groups in total. The molecular formula is C30H58O9. The number of ether oxygens (including phenoxy) is 7. The van der Waals surface area contributed by atoms with Crippen molar-refractivity contribution < 1.29 is 42.7 Å². The average molecular weight is 563 g/mol. The van der Waals surface area contributed by atoms with Gasteiger partial charge in [0.05, 0.1) is 66.1 Å².